The van der Waals surface area contributed by atoms with E-state index in [1.54, 1.807) is 17.0 Å². The third-order valence-corrected chi connectivity index (χ3v) is 2.86. The van der Waals surface area contributed by atoms with Crippen LogP contribution in [-0.2, 0) is 9.53 Å². The van der Waals surface area contributed by atoms with Crippen LogP contribution in [0.5, 0.6) is 5.75 Å². The molecule has 0 unspecified atom stereocenters. The second kappa shape index (κ2) is 6.37. The fourth-order valence-corrected chi connectivity index (χ4v) is 1.88. The lowest BCUT2D eigenvalue weighted by molar-refractivity contribution is -0.143. The smallest absolute Gasteiger partial charge is 0.260 e. The Bertz CT molecular complexity index is 382. The van der Waals surface area contributed by atoms with Crippen LogP contribution in [0.3, 0.4) is 0 Å². The van der Waals surface area contributed by atoms with Crippen molar-refractivity contribution in [1.29, 1.82) is 0 Å². The topological polar surface area (TPSA) is 59.0 Å². The summed E-state index contributed by atoms with van der Waals surface area (Å²) >= 11 is 0. The largest absolute Gasteiger partial charge is 0.484 e. The van der Waals surface area contributed by atoms with E-state index in [1.807, 2.05) is 18.2 Å². The molecule has 5 heteroatoms. The predicted molar refractivity (Wildman–Crippen MR) is 65.3 cm³/mol. The zero-order chi connectivity index (χ0) is 12.8. The van der Waals surface area contributed by atoms with Gasteiger partial charge in [0, 0.05) is 6.54 Å². The van der Waals surface area contributed by atoms with Gasteiger partial charge in [-0.25, -0.2) is 0 Å². The van der Waals surface area contributed by atoms with Gasteiger partial charge in [-0.15, -0.1) is 0 Å². The molecule has 1 aliphatic heterocycles. The maximum atomic E-state index is 12.0. The van der Waals surface area contributed by atoms with Crippen LogP contribution in [0.25, 0.3) is 0 Å². The minimum atomic E-state index is -0.259. The SMILES string of the molecule is O=C(COc1ccccc1)N1CCOC[C@@H]1CO. The summed E-state index contributed by atoms with van der Waals surface area (Å²) in [7, 11) is 0. The minimum absolute atomic E-state index is 0.0134. The molecule has 1 fully saturated rings. The number of hydrogen-bond donors (Lipinski definition) is 1. The molecular formula is C13H17NO4. The molecule has 0 bridgehead atoms. The fraction of sp³-hybridized carbons (Fsp3) is 0.462. The Kier molecular flexibility index (Phi) is 4.55. The quantitative estimate of drug-likeness (QED) is 0.835. The fourth-order valence-electron chi connectivity index (χ4n) is 1.88. The first-order chi connectivity index (χ1) is 8.81. The van der Waals surface area contributed by atoms with Crippen molar-refractivity contribution in [3.63, 3.8) is 0 Å². The Morgan fingerprint density at radius 3 is 2.94 bits per heavy atom. The summed E-state index contributed by atoms with van der Waals surface area (Å²) in [6.07, 6.45) is 0. The minimum Gasteiger partial charge on any atom is -0.484 e. The molecule has 1 amide bonds. The predicted octanol–water partition coefficient (Wildman–Crippen LogP) is 0.285. The van der Waals surface area contributed by atoms with E-state index in [1.165, 1.54) is 0 Å². The lowest BCUT2D eigenvalue weighted by Gasteiger charge is -2.34. The Morgan fingerprint density at radius 1 is 1.44 bits per heavy atom. The molecule has 1 aromatic carbocycles. The van der Waals surface area contributed by atoms with Gasteiger partial charge < -0.3 is 19.5 Å². The van der Waals surface area contributed by atoms with Gasteiger partial charge in [-0.05, 0) is 12.1 Å². The molecule has 0 saturated carbocycles. The average molecular weight is 251 g/mol. The van der Waals surface area contributed by atoms with Crippen molar-refractivity contribution in [2.75, 3.05) is 33.0 Å². The highest BCUT2D eigenvalue weighted by Gasteiger charge is 2.26. The van der Waals surface area contributed by atoms with Crippen LogP contribution in [0.15, 0.2) is 30.3 Å². The van der Waals surface area contributed by atoms with E-state index < -0.39 is 0 Å². The molecule has 1 atom stereocenters. The maximum Gasteiger partial charge on any atom is 0.260 e. The lowest BCUT2D eigenvalue weighted by Crippen LogP contribution is -2.51. The summed E-state index contributed by atoms with van der Waals surface area (Å²) in [5.41, 5.74) is 0. The molecule has 0 spiro atoms. The Balaban J connectivity index is 1.87. The molecule has 0 radical (unpaired) electrons. The van der Waals surface area contributed by atoms with Crippen molar-refractivity contribution >= 4 is 5.91 Å². The molecule has 1 aliphatic rings. The van der Waals surface area contributed by atoms with Gasteiger partial charge in [0.1, 0.15) is 5.75 Å². The van der Waals surface area contributed by atoms with Gasteiger partial charge in [0.2, 0.25) is 0 Å². The van der Waals surface area contributed by atoms with Gasteiger partial charge in [-0.3, -0.25) is 4.79 Å². The van der Waals surface area contributed by atoms with Crippen molar-refractivity contribution in [3.05, 3.63) is 30.3 Å². The first-order valence-corrected chi connectivity index (χ1v) is 5.97. The molecule has 1 heterocycles. The molecule has 2 rings (SSSR count). The van der Waals surface area contributed by atoms with Crippen LogP contribution >= 0.6 is 0 Å². The second-order valence-corrected chi connectivity index (χ2v) is 4.10. The number of amides is 1. The molecule has 0 aromatic heterocycles. The molecule has 18 heavy (non-hydrogen) atoms. The summed E-state index contributed by atoms with van der Waals surface area (Å²) in [6.45, 7) is 1.29. The number of aliphatic hydroxyl groups excluding tert-OH is 1. The van der Waals surface area contributed by atoms with Gasteiger partial charge in [0.15, 0.2) is 6.61 Å². The van der Waals surface area contributed by atoms with Crippen LogP contribution in [0.4, 0.5) is 0 Å². The third kappa shape index (κ3) is 3.21. The zero-order valence-corrected chi connectivity index (χ0v) is 10.1. The zero-order valence-electron chi connectivity index (χ0n) is 10.1. The number of aliphatic hydroxyl groups is 1. The first-order valence-electron chi connectivity index (χ1n) is 5.97. The van der Waals surface area contributed by atoms with E-state index in [0.29, 0.717) is 25.5 Å². The highest BCUT2D eigenvalue weighted by Crippen LogP contribution is 2.10. The van der Waals surface area contributed by atoms with E-state index in [-0.39, 0.29) is 25.2 Å². The summed E-state index contributed by atoms with van der Waals surface area (Å²) < 4.78 is 10.6. The highest BCUT2D eigenvalue weighted by molar-refractivity contribution is 5.78. The van der Waals surface area contributed by atoms with Crippen LogP contribution < -0.4 is 4.74 Å². The van der Waals surface area contributed by atoms with Crippen LogP contribution in [0, 0.1) is 0 Å². The van der Waals surface area contributed by atoms with Crippen molar-refractivity contribution in [3.8, 4) is 5.75 Å². The van der Waals surface area contributed by atoms with E-state index >= 15 is 0 Å². The van der Waals surface area contributed by atoms with Crippen molar-refractivity contribution in [2.45, 2.75) is 6.04 Å². The monoisotopic (exact) mass is 251 g/mol. The number of carbonyl (C=O) groups is 1. The molecular weight excluding hydrogens is 234 g/mol. The first kappa shape index (κ1) is 12.9. The van der Waals surface area contributed by atoms with Crippen LogP contribution in [0.2, 0.25) is 0 Å². The summed E-state index contributed by atoms with van der Waals surface area (Å²) in [5, 5.41) is 9.18. The highest BCUT2D eigenvalue weighted by atomic mass is 16.5. The Morgan fingerprint density at radius 2 is 2.22 bits per heavy atom. The average Bonchev–Trinajstić information content (AvgIpc) is 2.45. The number of benzene rings is 1. The van der Waals surface area contributed by atoms with Gasteiger partial charge in [-0.2, -0.15) is 0 Å². The van der Waals surface area contributed by atoms with E-state index in [0.717, 1.165) is 0 Å². The number of hydrogen-bond acceptors (Lipinski definition) is 4. The number of carbonyl (C=O) groups excluding carboxylic acids is 1. The maximum absolute atomic E-state index is 12.0. The molecule has 1 N–H and O–H groups in total. The lowest BCUT2D eigenvalue weighted by atomic mass is 10.2. The summed E-state index contributed by atoms with van der Waals surface area (Å²) in [6, 6.07) is 8.94. The van der Waals surface area contributed by atoms with E-state index in [4.69, 9.17) is 9.47 Å². The number of ether oxygens (including phenoxy) is 2. The molecule has 98 valence electrons. The molecule has 1 saturated heterocycles. The second-order valence-electron chi connectivity index (χ2n) is 4.10. The van der Waals surface area contributed by atoms with Crippen molar-refractivity contribution < 1.29 is 19.4 Å². The Hall–Kier alpha value is -1.59. The molecule has 5 nitrogen and oxygen atoms in total. The number of rotatable bonds is 4. The van der Waals surface area contributed by atoms with Crippen molar-refractivity contribution in [2.24, 2.45) is 0 Å². The van der Waals surface area contributed by atoms with Gasteiger partial charge in [-0.1, -0.05) is 18.2 Å². The van der Waals surface area contributed by atoms with Gasteiger partial charge in [0.25, 0.3) is 5.91 Å². The molecule has 1 aromatic rings. The van der Waals surface area contributed by atoms with Crippen molar-refractivity contribution in [1.82, 2.24) is 4.90 Å². The summed E-state index contributed by atoms with van der Waals surface area (Å²) in [4.78, 5) is 13.6. The summed E-state index contributed by atoms with van der Waals surface area (Å²) in [5.74, 6) is 0.542. The number of para-hydroxylation sites is 1. The number of morpholine rings is 1. The van der Waals surface area contributed by atoms with Crippen LogP contribution in [0.1, 0.15) is 0 Å². The standard InChI is InChI=1S/C13H17NO4/c15-8-11-9-17-7-6-14(11)13(16)10-18-12-4-2-1-3-5-12/h1-5,11,15H,6-10H2/t11-/m0/s1. The van der Waals surface area contributed by atoms with E-state index in [2.05, 4.69) is 0 Å². The normalized spacial score (nSPS) is 19.6. The number of nitrogens with zero attached hydrogens (tertiary/aromatic N) is 1. The van der Waals surface area contributed by atoms with E-state index in [9.17, 15) is 9.90 Å². The Labute approximate surface area is 106 Å². The molecule has 0 aliphatic carbocycles. The van der Waals surface area contributed by atoms with Crippen LogP contribution in [-0.4, -0.2) is 54.9 Å². The van der Waals surface area contributed by atoms with Gasteiger partial charge >= 0.3 is 0 Å². The third-order valence-electron chi connectivity index (χ3n) is 2.86. The van der Waals surface area contributed by atoms with Gasteiger partial charge in [0.05, 0.1) is 25.9 Å².